The van der Waals surface area contributed by atoms with E-state index >= 15 is 0 Å². The van der Waals surface area contributed by atoms with Gasteiger partial charge in [0.2, 0.25) is 5.91 Å². The summed E-state index contributed by atoms with van der Waals surface area (Å²) in [5.74, 6) is -0.262. The Kier molecular flexibility index (Phi) is 3.36. The van der Waals surface area contributed by atoms with Gasteiger partial charge >= 0.3 is 0 Å². The quantitative estimate of drug-likeness (QED) is 0.932. The summed E-state index contributed by atoms with van der Waals surface area (Å²) >= 11 is 1.68. The normalized spacial score (nSPS) is 19.1. The minimum absolute atomic E-state index is 0.262. The second kappa shape index (κ2) is 5.15. The first-order valence-electron chi connectivity index (χ1n) is 6.38. The van der Waals surface area contributed by atoms with E-state index in [0.717, 1.165) is 25.1 Å². The van der Waals surface area contributed by atoms with E-state index in [2.05, 4.69) is 27.8 Å². The van der Waals surface area contributed by atoms with E-state index in [9.17, 15) is 4.79 Å². The molecule has 1 aromatic carbocycles. The molecule has 2 N–H and O–H groups in total. The number of nitrogens with zero attached hydrogens (tertiary/aromatic N) is 1. The Bertz CT molecular complexity index is 580. The number of primary amides is 1. The maximum absolute atomic E-state index is 11.8. The van der Waals surface area contributed by atoms with E-state index < -0.39 is 0 Å². The minimum Gasteiger partial charge on any atom is -0.368 e. The SMILES string of the molecule is NC(=O)C1c2ccccc2CCN1Cc1ccsc1. The zero-order chi connectivity index (χ0) is 13.2. The molecule has 0 spiro atoms. The highest BCUT2D eigenvalue weighted by molar-refractivity contribution is 7.07. The summed E-state index contributed by atoms with van der Waals surface area (Å²) in [5.41, 5.74) is 9.18. The molecule has 0 radical (unpaired) electrons. The van der Waals surface area contributed by atoms with Gasteiger partial charge in [-0.1, -0.05) is 24.3 Å². The van der Waals surface area contributed by atoms with E-state index in [-0.39, 0.29) is 11.9 Å². The highest BCUT2D eigenvalue weighted by atomic mass is 32.1. The van der Waals surface area contributed by atoms with Crippen LogP contribution in [0.2, 0.25) is 0 Å². The van der Waals surface area contributed by atoms with E-state index in [0.29, 0.717) is 0 Å². The Morgan fingerprint density at radius 2 is 2.21 bits per heavy atom. The van der Waals surface area contributed by atoms with Gasteiger partial charge in [-0.05, 0) is 39.9 Å². The molecule has 3 nitrogen and oxygen atoms in total. The summed E-state index contributed by atoms with van der Waals surface area (Å²) in [7, 11) is 0. The van der Waals surface area contributed by atoms with Crippen LogP contribution in [0.1, 0.15) is 22.7 Å². The zero-order valence-electron chi connectivity index (χ0n) is 10.6. The third kappa shape index (κ3) is 2.41. The predicted octanol–water partition coefficient (Wildman–Crippen LogP) is 2.33. The van der Waals surface area contributed by atoms with Gasteiger partial charge in [-0.25, -0.2) is 0 Å². The lowest BCUT2D eigenvalue weighted by molar-refractivity contribution is -0.124. The maximum atomic E-state index is 11.8. The molecule has 1 aliphatic heterocycles. The van der Waals surface area contributed by atoms with Gasteiger partial charge in [0, 0.05) is 13.1 Å². The molecule has 19 heavy (non-hydrogen) atoms. The fourth-order valence-corrected chi connectivity index (χ4v) is 3.40. The first kappa shape index (κ1) is 12.4. The molecule has 98 valence electrons. The molecule has 4 heteroatoms. The van der Waals surface area contributed by atoms with E-state index in [4.69, 9.17) is 5.73 Å². The van der Waals surface area contributed by atoms with Crippen LogP contribution in [0.25, 0.3) is 0 Å². The number of carbonyl (C=O) groups excluding carboxylic acids is 1. The van der Waals surface area contributed by atoms with Crippen LogP contribution in [0.15, 0.2) is 41.1 Å². The summed E-state index contributed by atoms with van der Waals surface area (Å²) < 4.78 is 0. The third-order valence-corrected chi connectivity index (χ3v) is 4.35. The van der Waals surface area contributed by atoms with Crippen molar-refractivity contribution in [3.63, 3.8) is 0 Å². The largest absolute Gasteiger partial charge is 0.368 e. The van der Waals surface area contributed by atoms with Crippen molar-refractivity contribution in [2.75, 3.05) is 6.54 Å². The Morgan fingerprint density at radius 1 is 1.37 bits per heavy atom. The average molecular weight is 272 g/mol. The lowest BCUT2D eigenvalue weighted by Gasteiger charge is -2.35. The summed E-state index contributed by atoms with van der Waals surface area (Å²) in [6.45, 7) is 1.66. The number of benzene rings is 1. The standard InChI is InChI=1S/C15H16N2OS/c16-15(18)14-13-4-2-1-3-12(13)5-7-17(14)9-11-6-8-19-10-11/h1-4,6,8,10,14H,5,7,9H2,(H2,16,18). The fourth-order valence-electron chi connectivity index (χ4n) is 2.74. The number of thiophene rings is 1. The van der Waals surface area contributed by atoms with Crippen molar-refractivity contribution in [3.8, 4) is 0 Å². The van der Waals surface area contributed by atoms with Crippen LogP contribution in [0.5, 0.6) is 0 Å². The summed E-state index contributed by atoms with van der Waals surface area (Å²) in [6.07, 6.45) is 0.976. The summed E-state index contributed by atoms with van der Waals surface area (Å²) in [5, 5.41) is 4.19. The van der Waals surface area contributed by atoms with Crippen molar-refractivity contribution in [1.82, 2.24) is 4.90 Å². The van der Waals surface area contributed by atoms with Gasteiger partial charge in [0.1, 0.15) is 6.04 Å². The maximum Gasteiger partial charge on any atom is 0.239 e. The first-order valence-corrected chi connectivity index (χ1v) is 7.32. The molecule has 1 unspecified atom stereocenters. The van der Waals surface area contributed by atoms with Crippen LogP contribution in [-0.4, -0.2) is 17.4 Å². The van der Waals surface area contributed by atoms with Crippen molar-refractivity contribution in [2.45, 2.75) is 19.0 Å². The molecule has 1 amide bonds. The molecule has 2 aromatic rings. The number of carbonyl (C=O) groups is 1. The Hall–Kier alpha value is -1.65. The van der Waals surface area contributed by atoms with E-state index in [1.54, 1.807) is 11.3 Å². The molecule has 2 heterocycles. The Labute approximate surface area is 116 Å². The molecule has 1 aromatic heterocycles. The van der Waals surface area contributed by atoms with E-state index in [1.165, 1.54) is 11.1 Å². The van der Waals surface area contributed by atoms with Crippen LogP contribution in [-0.2, 0) is 17.8 Å². The number of nitrogens with two attached hydrogens (primary N) is 1. The van der Waals surface area contributed by atoms with Gasteiger partial charge in [0.25, 0.3) is 0 Å². The lowest BCUT2D eigenvalue weighted by atomic mass is 9.92. The molecular formula is C15H16N2OS. The molecule has 0 saturated heterocycles. The van der Waals surface area contributed by atoms with Crippen LogP contribution >= 0.6 is 11.3 Å². The monoisotopic (exact) mass is 272 g/mol. The molecule has 0 bridgehead atoms. The third-order valence-electron chi connectivity index (χ3n) is 3.62. The molecule has 1 atom stereocenters. The average Bonchev–Trinajstić information content (AvgIpc) is 2.91. The van der Waals surface area contributed by atoms with Gasteiger partial charge in [-0.15, -0.1) is 0 Å². The van der Waals surface area contributed by atoms with Crippen LogP contribution in [0.4, 0.5) is 0 Å². The van der Waals surface area contributed by atoms with Gasteiger partial charge in [0.15, 0.2) is 0 Å². The molecular weight excluding hydrogens is 256 g/mol. The smallest absolute Gasteiger partial charge is 0.239 e. The van der Waals surface area contributed by atoms with Crippen molar-refractivity contribution >= 4 is 17.2 Å². The fraction of sp³-hybridized carbons (Fsp3) is 0.267. The summed E-state index contributed by atoms with van der Waals surface area (Å²) in [6, 6.07) is 9.90. The van der Waals surface area contributed by atoms with Crippen LogP contribution < -0.4 is 5.73 Å². The van der Waals surface area contributed by atoms with Crippen molar-refractivity contribution < 1.29 is 4.79 Å². The molecule has 0 aliphatic carbocycles. The first-order chi connectivity index (χ1) is 9.25. The van der Waals surface area contributed by atoms with Crippen LogP contribution in [0, 0.1) is 0 Å². The zero-order valence-corrected chi connectivity index (χ0v) is 11.4. The molecule has 3 rings (SSSR count). The van der Waals surface area contributed by atoms with Gasteiger partial charge < -0.3 is 5.73 Å². The topological polar surface area (TPSA) is 46.3 Å². The van der Waals surface area contributed by atoms with Gasteiger partial charge in [-0.2, -0.15) is 11.3 Å². The van der Waals surface area contributed by atoms with Crippen LogP contribution in [0.3, 0.4) is 0 Å². The van der Waals surface area contributed by atoms with E-state index in [1.807, 2.05) is 18.2 Å². The van der Waals surface area contributed by atoms with Crippen molar-refractivity contribution in [1.29, 1.82) is 0 Å². The predicted molar refractivity (Wildman–Crippen MR) is 76.8 cm³/mol. The number of amides is 1. The minimum atomic E-state index is -0.301. The molecule has 0 fully saturated rings. The lowest BCUT2D eigenvalue weighted by Crippen LogP contribution is -2.41. The Morgan fingerprint density at radius 3 is 2.95 bits per heavy atom. The van der Waals surface area contributed by atoms with Crippen molar-refractivity contribution in [2.24, 2.45) is 5.73 Å². The highest BCUT2D eigenvalue weighted by Gasteiger charge is 2.31. The number of hydrogen-bond acceptors (Lipinski definition) is 3. The molecule has 1 aliphatic rings. The number of rotatable bonds is 3. The number of hydrogen-bond donors (Lipinski definition) is 1. The second-order valence-corrected chi connectivity index (χ2v) is 5.64. The Balaban J connectivity index is 1.92. The highest BCUT2D eigenvalue weighted by Crippen LogP contribution is 2.30. The second-order valence-electron chi connectivity index (χ2n) is 4.86. The van der Waals surface area contributed by atoms with Gasteiger partial charge in [-0.3, -0.25) is 9.69 Å². The molecule has 0 saturated carbocycles. The summed E-state index contributed by atoms with van der Waals surface area (Å²) in [4.78, 5) is 14.0. The van der Waals surface area contributed by atoms with Crippen molar-refractivity contribution in [3.05, 3.63) is 57.8 Å². The number of fused-ring (bicyclic) bond motifs is 1. The van der Waals surface area contributed by atoms with Gasteiger partial charge in [0.05, 0.1) is 0 Å².